The van der Waals surface area contributed by atoms with Crippen molar-refractivity contribution in [1.29, 1.82) is 0 Å². The number of hydrogen-bond donors (Lipinski definition) is 1. The van der Waals surface area contributed by atoms with E-state index in [1.807, 2.05) is 6.92 Å². The molecule has 5 nitrogen and oxygen atoms in total. The van der Waals surface area contributed by atoms with Gasteiger partial charge in [0, 0.05) is 18.7 Å². The van der Waals surface area contributed by atoms with Gasteiger partial charge in [-0.25, -0.2) is 0 Å². The van der Waals surface area contributed by atoms with Gasteiger partial charge in [-0.3, -0.25) is 4.79 Å². The van der Waals surface area contributed by atoms with Crippen molar-refractivity contribution >= 4 is 21.8 Å². The molecule has 1 aliphatic heterocycles. The summed E-state index contributed by atoms with van der Waals surface area (Å²) in [7, 11) is 1.55. The van der Waals surface area contributed by atoms with Gasteiger partial charge >= 0.3 is 0 Å². The lowest BCUT2D eigenvalue weighted by atomic mass is 10.1. The van der Waals surface area contributed by atoms with E-state index in [-0.39, 0.29) is 12.0 Å². The fraction of sp³-hybridized carbons (Fsp3) is 0.533. The molecule has 0 aliphatic carbocycles. The van der Waals surface area contributed by atoms with Crippen molar-refractivity contribution in [3.8, 4) is 11.5 Å². The Labute approximate surface area is 133 Å². The first kappa shape index (κ1) is 16.1. The zero-order valence-corrected chi connectivity index (χ0v) is 13.9. The van der Waals surface area contributed by atoms with Crippen LogP contribution in [0.25, 0.3) is 0 Å². The average molecular weight is 358 g/mol. The maximum Gasteiger partial charge on any atom is 0.251 e. The van der Waals surface area contributed by atoms with Crippen LogP contribution in [0.2, 0.25) is 0 Å². The summed E-state index contributed by atoms with van der Waals surface area (Å²) in [5.41, 5.74) is 0.528. The molecule has 1 amide bonds. The predicted octanol–water partition coefficient (Wildman–Crippen LogP) is 2.77. The first-order chi connectivity index (χ1) is 10.2. The van der Waals surface area contributed by atoms with Gasteiger partial charge in [0.1, 0.15) is 0 Å². The highest BCUT2D eigenvalue weighted by molar-refractivity contribution is 9.10. The number of methoxy groups -OCH3 is 1. The highest BCUT2D eigenvalue weighted by atomic mass is 79.9. The highest BCUT2D eigenvalue weighted by Gasteiger charge is 2.18. The van der Waals surface area contributed by atoms with Crippen LogP contribution in [-0.2, 0) is 4.74 Å². The van der Waals surface area contributed by atoms with Crippen LogP contribution in [0.15, 0.2) is 16.6 Å². The summed E-state index contributed by atoms with van der Waals surface area (Å²) in [5.74, 6) is 0.997. The number of carbonyl (C=O) groups excluding carboxylic acids is 1. The fourth-order valence-electron chi connectivity index (χ4n) is 2.25. The van der Waals surface area contributed by atoms with Crippen LogP contribution in [0.1, 0.15) is 30.1 Å². The largest absolute Gasteiger partial charge is 0.493 e. The van der Waals surface area contributed by atoms with E-state index in [2.05, 4.69) is 21.2 Å². The Morgan fingerprint density at radius 2 is 2.33 bits per heavy atom. The molecule has 0 radical (unpaired) electrons. The van der Waals surface area contributed by atoms with E-state index in [9.17, 15) is 4.79 Å². The molecule has 0 saturated carbocycles. The zero-order chi connectivity index (χ0) is 15.2. The van der Waals surface area contributed by atoms with Gasteiger partial charge in [-0.15, -0.1) is 0 Å². The summed E-state index contributed by atoms with van der Waals surface area (Å²) >= 11 is 3.42. The molecule has 1 aromatic carbocycles. The molecule has 21 heavy (non-hydrogen) atoms. The van der Waals surface area contributed by atoms with Crippen molar-refractivity contribution in [2.75, 3.05) is 26.9 Å². The van der Waals surface area contributed by atoms with Crippen molar-refractivity contribution < 1.29 is 19.0 Å². The normalized spacial score (nSPS) is 17.6. The van der Waals surface area contributed by atoms with Crippen LogP contribution < -0.4 is 14.8 Å². The maximum atomic E-state index is 12.2. The molecular formula is C15H20BrNO4. The number of amides is 1. The Balaban J connectivity index is 2.07. The van der Waals surface area contributed by atoms with E-state index >= 15 is 0 Å². The monoisotopic (exact) mass is 357 g/mol. The summed E-state index contributed by atoms with van der Waals surface area (Å²) in [6.07, 6.45) is 2.18. The number of hydrogen-bond acceptors (Lipinski definition) is 4. The summed E-state index contributed by atoms with van der Waals surface area (Å²) in [6.45, 7) is 3.74. The van der Waals surface area contributed by atoms with Crippen LogP contribution in [0.4, 0.5) is 0 Å². The number of nitrogens with one attached hydrogen (secondary N) is 1. The highest BCUT2D eigenvalue weighted by Crippen LogP contribution is 2.36. The van der Waals surface area contributed by atoms with Crippen LogP contribution in [-0.4, -0.2) is 38.9 Å². The van der Waals surface area contributed by atoms with Crippen molar-refractivity contribution in [1.82, 2.24) is 5.32 Å². The lowest BCUT2D eigenvalue weighted by molar-refractivity contribution is 0.0857. The van der Waals surface area contributed by atoms with Gasteiger partial charge in [-0.2, -0.15) is 0 Å². The molecule has 1 saturated heterocycles. The van der Waals surface area contributed by atoms with Crippen molar-refractivity contribution in [2.45, 2.75) is 25.9 Å². The first-order valence-electron chi connectivity index (χ1n) is 7.05. The van der Waals surface area contributed by atoms with E-state index in [0.717, 1.165) is 19.4 Å². The molecule has 1 fully saturated rings. The second-order valence-corrected chi connectivity index (χ2v) is 5.62. The summed E-state index contributed by atoms with van der Waals surface area (Å²) in [6, 6.07) is 3.42. The Bertz CT molecular complexity index is 501. The quantitative estimate of drug-likeness (QED) is 0.850. The minimum atomic E-state index is -0.146. The van der Waals surface area contributed by atoms with Crippen LogP contribution >= 0.6 is 15.9 Å². The molecule has 1 aliphatic rings. The fourth-order valence-corrected chi connectivity index (χ4v) is 2.81. The van der Waals surface area contributed by atoms with Crippen LogP contribution in [0.5, 0.6) is 11.5 Å². The lowest BCUT2D eigenvalue weighted by Crippen LogP contribution is -2.31. The standard InChI is InChI=1S/C15H20BrNO4/c1-3-20-14-12(16)7-10(8-13(14)19-2)15(18)17-9-11-5-4-6-21-11/h7-8,11H,3-6,9H2,1-2H3,(H,17,18). The zero-order valence-electron chi connectivity index (χ0n) is 12.3. The smallest absolute Gasteiger partial charge is 0.251 e. The Hall–Kier alpha value is -1.27. The number of benzene rings is 1. The molecule has 1 heterocycles. The molecule has 2 rings (SSSR count). The Morgan fingerprint density at radius 3 is 2.95 bits per heavy atom. The van der Waals surface area contributed by atoms with Gasteiger partial charge < -0.3 is 19.5 Å². The molecule has 0 bridgehead atoms. The Morgan fingerprint density at radius 1 is 1.52 bits per heavy atom. The third kappa shape index (κ3) is 4.11. The third-order valence-corrected chi connectivity index (χ3v) is 3.88. The van der Waals surface area contributed by atoms with E-state index < -0.39 is 0 Å². The molecule has 1 unspecified atom stereocenters. The minimum Gasteiger partial charge on any atom is -0.493 e. The van der Waals surface area contributed by atoms with Gasteiger partial charge in [0.15, 0.2) is 11.5 Å². The number of halogens is 1. The van der Waals surface area contributed by atoms with Crippen LogP contribution in [0.3, 0.4) is 0 Å². The van der Waals surface area contributed by atoms with Gasteiger partial charge in [-0.05, 0) is 47.8 Å². The summed E-state index contributed by atoms with van der Waals surface area (Å²) in [5, 5.41) is 2.89. The predicted molar refractivity (Wildman–Crippen MR) is 83.2 cm³/mol. The van der Waals surface area contributed by atoms with E-state index in [0.29, 0.717) is 34.7 Å². The number of carbonyl (C=O) groups is 1. The van der Waals surface area contributed by atoms with Crippen molar-refractivity contribution in [3.63, 3.8) is 0 Å². The van der Waals surface area contributed by atoms with E-state index in [1.54, 1.807) is 19.2 Å². The Kier molecular flexibility index (Phi) is 5.87. The number of ether oxygens (including phenoxy) is 3. The van der Waals surface area contributed by atoms with Gasteiger partial charge in [0.05, 0.1) is 24.3 Å². The molecule has 1 aromatic rings. The van der Waals surface area contributed by atoms with Gasteiger partial charge in [0.2, 0.25) is 0 Å². The van der Waals surface area contributed by atoms with Crippen molar-refractivity contribution in [2.24, 2.45) is 0 Å². The van der Waals surface area contributed by atoms with Crippen molar-refractivity contribution in [3.05, 3.63) is 22.2 Å². The lowest BCUT2D eigenvalue weighted by Gasteiger charge is -2.14. The summed E-state index contributed by atoms with van der Waals surface area (Å²) < 4.78 is 17.0. The molecule has 6 heteroatoms. The molecular weight excluding hydrogens is 338 g/mol. The average Bonchev–Trinajstić information content (AvgIpc) is 3.00. The summed E-state index contributed by atoms with van der Waals surface area (Å²) in [4.78, 5) is 12.2. The molecule has 0 aromatic heterocycles. The van der Waals surface area contributed by atoms with E-state index in [4.69, 9.17) is 14.2 Å². The van der Waals surface area contributed by atoms with Crippen LogP contribution in [0, 0.1) is 0 Å². The van der Waals surface area contributed by atoms with E-state index in [1.165, 1.54) is 0 Å². The molecule has 1 N–H and O–H groups in total. The van der Waals surface area contributed by atoms with Gasteiger partial charge in [0.25, 0.3) is 5.91 Å². The second kappa shape index (κ2) is 7.66. The molecule has 1 atom stereocenters. The van der Waals surface area contributed by atoms with Gasteiger partial charge in [-0.1, -0.05) is 0 Å². The SMILES string of the molecule is CCOc1c(Br)cc(C(=O)NCC2CCCO2)cc1OC. The third-order valence-electron chi connectivity index (χ3n) is 3.29. The topological polar surface area (TPSA) is 56.8 Å². The molecule has 116 valence electrons. The second-order valence-electron chi connectivity index (χ2n) is 4.77. The number of rotatable bonds is 6. The maximum absolute atomic E-state index is 12.2. The minimum absolute atomic E-state index is 0.127. The first-order valence-corrected chi connectivity index (χ1v) is 7.85. The molecule has 0 spiro atoms.